The molecule has 1 aliphatic heterocycles. The van der Waals surface area contributed by atoms with Crippen molar-refractivity contribution in [3.05, 3.63) is 52.3 Å². The van der Waals surface area contributed by atoms with Gasteiger partial charge in [0.25, 0.3) is 11.6 Å². The molecule has 2 aromatic rings. The number of ether oxygens (including phenoxy) is 1. The van der Waals surface area contributed by atoms with Gasteiger partial charge in [0.15, 0.2) is 0 Å². The lowest BCUT2D eigenvalue weighted by atomic mass is 10.1. The second-order valence-electron chi connectivity index (χ2n) is 6.28. The normalized spacial score (nSPS) is 14.5. The minimum absolute atomic E-state index is 0.148. The molecule has 28 heavy (non-hydrogen) atoms. The monoisotopic (exact) mass is 386 g/mol. The van der Waals surface area contributed by atoms with E-state index in [4.69, 9.17) is 4.74 Å². The quantitative estimate of drug-likeness (QED) is 0.553. The van der Waals surface area contributed by atoms with Crippen LogP contribution in [0.15, 0.2) is 36.7 Å². The van der Waals surface area contributed by atoms with Crippen LogP contribution in [0.5, 0.6) is 5.75 Å². The zero-order chi connectivity index (χ0) is 19.9. The first-order valence-corrected chi connectivity index (χ1v) is 8.93. The molecule has 10 heteroatoms. The van der Waals surface area contributed by atoms with Crippen molar-refractivity contribution in [1.29, 1.82) is 0 Å². The molecule has 148 valence electrons. The molecule has 0 aliphatic carbocycles. The molecule has 1 fully saturated rings. The number of hydrogen-bond donors (Lipinski definition) is 1. The average molecular weight is 386 g/mol. The Labute approximate surface area is 162 Å². The maximum absolute atomic E-state index is 12.4. The van der Waals surface area contributed by atoms with Crippen LogP contribution in [-0.4, -0.2) is 72.1 Å². The Hall–Kier alpha value is -3.27. The molecule has 1 saturated heterocycles. The van der Waals surface area contributed by atoms with E-state index in [2.05, 4.69) is 25.1 Å². The SMILES string of the molecule is COc1ccc([N+](=O)[O-])cc1C(=O)NCCN1CCN(c2ncccn2)CC1. The molecule has 0 unspecified atom stereocenters. The highest BCUT2D eigenvalue weighted by Crippen LogP contribution is 2.23. The van der Waals surface area contributed by atoms with Gasteiger partial charge in [-0.1, -0.05) is 0 Å². The van der Waals surface area contributed by atoms with E-state index in [0.29, 0.717) is 18.8 Å². The van der Waals surface area contributed by atoms with Crippen LogP contribution in [0.25, 0.3) is 0 Å². The van der Waals surface area contributed by atoms with Gasteiger partial charge in [0.2, 0.25) is 5.95 Å². The number of anilines is 1. The molecule has 0 bridgehead atoms. The predicted molar refractivity (Wildman–Crippen MR) is 103 cm³/mol. The lowest BCUT2D eigenvalue weighted by Gasteiger charge is -2.34. The third-order valence-electron chi connectivity index (χ3n) is 4.56. The van der Waals surface area contributed by atoms with E-state index in [1.807, 2.05) is 0 Å². The molecule has 1 N–H and O–H groups in total. The molecule has 0 atom stereocenters. The molecule has 1 aromatic heterocycles. The van der Waals surface area contributed by atoms with Crippen molar-refractivity contribution < 1.29 is 14.5 Å². The van der Waals surface area contributed by atoms with E-state index in [-0.39, 0.29) is 11.3 Å². The maximum atomic E-state index is 12.4. The van der Waals surface area contributed by atoms with Gasteiger partial charge in [-0.15, -0.1) is 0 Å². The van der Waals surface area contributed by atoms with Crippen LogP contribution in [0.1, 0.15) is 10.4 Å². The number of hydrogen-bond acceptors (Lipinski definition) is 8. The van der Waals surface area contributed by atoms with Crippen molar-refractivity contribution in [3.8, 4) is 5.75 Å². The number of nitrogens with zero attached hydrogens (tertiary/aromatic N) is 5. The number of aromatic nitrogens is 2. The Balaban J connectivity index is 1.49. The highest BCUT2D eigenvalue weighted by molar-refractivity contribution is 5.97. The summed E-state index contributed by atoms with van der Waals surface area (Å²) in [5, 5.41) is 13.7. The second kappa shape index (κ2) is 9.09. The van der Waals surface area contributed by atoms with Gasteiger partial charge in [-0.2, -0.15) is 0 Å². The van der Waals surface area contributed by atoms with Crippen LogP contribution in [0.2, 0.25) is 0 Å². The molecule has 0 spiro atoms. The Morgan fingerprint density at radius 1 is 1.25 bits per heavy atom. The van der Waals surface area contributed by atoms with Gasteiger partial charge >= 0.3 is 0 Å². The van der Waals surface area contributed by atoms with E-state index < -0.39 is 10.8 Å². The van der Waals surface area contributed by atoms with Crippen molar-refractivity contribution in [2.45, 2.75) is 0 Å². The van der Waals surface area contributed by atoms with Gasteiger partial charge in [0.1, 0.15) is 5.75 Å². The summed E-state index contributed by atoms with van der Waals surface area (Å²) in [5.41, 5.74) is 0.00736. The fourth-order valence-electron chi connectivity index (χ4n) is 3.04. The number of non-ortho nitro benzene ring substituents is 1. The molecule has 0 radical (unpaired) electrons. The van der Waals surface area contributed by atoms with Gasteiger partial charge in [0.05, 0.1) is 17.6 Å². The Bertz CT molecular complexity index is 824. The molecule has 2 heterocycles. The number of nitro benzene ring substituents is 1. The number of nitrogens with one attached hydrogen (secondary N) is 1. The van der Waals surface area contributed by atoms with E-state index in [9.17, 15) is 14.9 Å². The minimum Gasteiger partial charge on any atom is -0.496 e. The van der Waals surface area contributed by atoms with Crippen LogP contribution in [0, 0.1) is 10.1 Å². The van der Waals surface area contributed by atoms with Crippen LogP contribution in [-0.2, 0) is 0 Å². The second-order valence-corrected chi connectivity index (χ2v) is 6.28. The zero-order valence-electron chi connectivity index (χ0n) is 15.6. The summed E-state index contributed by atoms with van der Waals surface area (Å²) in [7, 11) is 1.42. The number of methoxy groups -OCH3 is 1. The molecular formula is C18H22N6O4. The topological polar surface area (TPSA) is 114 Å². The lowest BCUT2D eigenvalue weighted by molar-refractivity contribution is -0.384. The Kier molecular flexibility index (Phi) is 6.33. The van der Waals surface area contributed by atoms with E-state index in [0.717, 1.165) is 32.1 Å². The fourth-order valence-corrected chi connectivity index (χ4v) is 3.04. The van der Waals surface area contributed by atoms with E-state index in [1.165, 1.54) is 25.3 Å². The van der Waals surface area contributed by atoms with Crippen molar-refractivity contribution in [3.63, 3.8) is 0 Å². The molecular weight excluding hydrogens is 364 g/mol. The van der Waals surface area contributed by atoms with Gasteiger partial charge in [-0.25, -0.2) is 9.97 Å². The average Bonchev–Trinajstić information content (AvgIpc) is 2.74. The Morgan fingerprint density at radius 3 is 2.61 bits per heavy atom. The standard InChI is InChI=1S/C18H22N6O4/c1-28-16-4-3-14(24(26)27)13-15(16)17(25)19-7-8-22-9-11-23(12-10-22)18-20-5-2-6-21-18/h2-6,13H,7-12H2,1H3,(H,19,25). The van der Waals surface area contributed by atoms with Crippen molar-refractivity contribution in [2.75, 3.05) is 51.3 Å². The number of nitro groups is 1. The molecule has 1 amide bonds. The molecule has 10 nitrogen and oxygen atoms in total. The summed E-state index contributed by atoms with van der Waals surface area (Å²) >= 11 is 0. The first-order chi connectivity index (χ1) is 13.6. The van der Waals surface area contributed by atoms with Crippen LogP contribution in [0.4, 0.5) is 11.6 Å². The third-order valence-corrected chi connectivity index (χ3v) is 4.56. The summed E-state index contributed by atoms with van der Waals surface area (Å²) in [4.78, 5) is 35.7. The van der Waals surface area contributed by atoms with Gasteiger partial charge < -0.3 is 15.0 Å². The summed E-state index contributed by atoms with van der Waals surface area (Å²) in [6, 6.07) is 5.76. The van der Waals surface area contributed by atoms with Crippen LogP contribution >= 0.6 is 0 Å². The number of benzene rings is 1. The smallest absolute Gasteiger partial charge is 0.270 e. The molecule has 0 saturated carbocycles. The lowest BCUT2D eigenvalue weighted by Crippen LogP contribution is -2.49. The van der Waals surface area contributed by atoms with E-state index in [1.54, 1.807) is 18.5 Å². The van der Waals surface area contributed by atoms with Crippen LogP contribution < -0.4 is 15.0 Å². The minimum atomic E-state index is -0.536. The van der Waals surface area contributed by atoms with Gasteiger partial charge in [0, 0.05) is 63.8 Å². The van der Waals surface area contributed by atoms with Crippen molar-refractivity contribution in [2.24, 2.45) is 0 Å². The third kappa shape index (κ3) is 4.71. The predicted octanol–water partition coefficient (Wildman–Crippen LogP) is 0.945. The number of carbonyl (C=O) groups is 1. The fraction of sp³-hybridized carbons (Fsp3) is 0.389. The maximum Gasteiger partial charge on any atom is 0.270 e. The first kappa shape index (κ1) is 19.5. The molecule has 1 aliphatic rings. The van der Waals surface area contributed by atoms with Gasteiger partial charge in [-0.05, 0) is 12.1 Å². The first-order valence-electron chi connectivity index (χ1n) is 8.93. The Morgan fingerprint density at radius 2 is 1.96 bits per heavy atom. The highest BCUT2D eigenvalue weighted by atomic mass is 16.6. The number of piperazine rings is 1. The summed E-state index contributed by atoms with van der Waals surface area (Å²) < 4.78 is 5.14. The number of rotatable bonds is 7. The zero-order valence-corrected chi connectivity index (χ0v) is 15.6. The largest absolute Gasteiger partial charge is 0.496 e. The summed E-state index contributed by atoms with van der Waals surface area (Å²) in [5.74, 6) is 0.643. The van der Waals surface area contributed by atoms with Crippen molar-refractivity contribution >= 4 is 17.5 Å². The number of carbonyl (C=O) groups excluding carboxylic acids is 1. The summed E-state index contributed by atoms with van der Waals surface area (Å²) in [6.07, 6.45) is 3.46. The highest BCUT2D eigenvalue weighted by Gasteiger charge is 2.20. The molecule has 3 rings (SSSR count). The van der Waals surface area contributed by atoms with Crippen LogP contribution in [0.3, 0.4) is 0 Å². The summed E-state index contributed by atoms with van der Waals surface area (Å²) in [6.45, 7) is 4.44. The van der Waals surface area contributed by atoms with Gasteiger partial charge in [-0.3, -0.25) is 19.8 Å². The van der Waals surface area contributed by atoms with Crippen molar-refractivity contribution in [1.82, 2.24) is 20.2 Å². The molecule has 1 aromatic carbocycles. The number of amides is 1. The van der Waals surface area contributed by atoms with E-state index >= 15 is 0 Å².